The van der Waals surface area contributed by atoms with Gasteiger partial charge in [-0.25, -0.2) is 4.98 Å². The summed E-state index contributed by atoms with van der Waals surface area (Å²) >= 11 is 0. The molecule has 0 aliphatic carbocycles. The largest absolute Gasteiger partial charge is 0.340 e. The zero-order chi connectivity index (χ0) is 18.2. The lowest BCUT2D eigenvalue weighted by Crippen LogP contribution is -2.49. The molecule has 0 saturated carbocycles. The molecule has 1 aliphatic rings. The highest BCUT2D eigenvalue weighted by Gasteiger charge is 2.22. The van der Waals surface area contributed by atoms with Crippen molar-refractivity contribution < 1.29 is 9.59 Å². The SMILES string of the molecule is CCCN(CCC(=O)N1CCN(CC)CC1)C(=O)c1cnc(C)cn1. The molecule has 0 aromatic carbocycles. The third kappa shape index (κ3) is 5.49. The number of hydrogen-bond donors (Lipinski definition) is 0. The van der Waals surface area contributed by atoms with Crippen molar-refractivity contribution in [2.45, 2.75) is 33.6 Å². The Hall–Kier alpha value is -2.02. The summed E-state index contributed by atoms with van der Waals surface area (Å²) in [4.78, 5) is 39.3. The van der Waals surface area contributed by atoms with Crippen LogP contribution in [0.4, 0.5) is 0 Å². The number of piperazine rings is 1. The third-order valence-corrected chi connectivity index (χ3v) is 4.55. The first-order chi connectivity index (χ1) is 12.0. The van der Waals surface area contributed by atoms with Crippen LogP contribution in [-0.2, 0) is 4.79 Å². The summed E-state index contributed by atoms with van der Waals surface area (Å²) in [7, 11) is 0. The maximum atomic E-state index is 12.6. The van der Waals surface area contributed by atoms with Crippen molar-refractivity contribution in [2.75, 3.05) is 45.8 Å². The Kier molecular flexibility index (Phi) is 7.31. The Morgan fingerprint density at radius 1 is 1.08 bits per heavy atom. The highest BCUT2D eigenvalue weighted by Crippen LogP contribution is 2.07. The molecule has 1 aromatic rings. The van der Waals surface area contributed by atoms with E-state index < -0.39 is 0 Å². The Labute approximate surface area is 150 Å². The van der Waals surface area contributed by atoms with Crippen LogP contribution in [0, 0.1) is 6.92 Å². The van der Waals surface area contributed by atoms with E-state index in [9.17, 15) is 9.59 Å². The first kappa shape index (κ1) is 19.3. The van der Waals surface area contributed by atoms with E-state index in [1.54, 1.807) is 11.1 Å². The molecule has 0 atom stereocenters. The predicted molar refractivity (Wildman–Crippen MR) is 96.3 cm³/mol. The molecular formula is C18H29N5O2. The fraction of sp³-hybridized carbons (Fsp3) is 0.667. The monoisotopic (exact) mass is 347 g/mol. The van der Waals surface area contributed by atoms with E-state index in [2.05, 4.69) is 21.8 Å². The van der Waals surface area contributed by atoms with Gasteiger partial charge >= 0.3 is 0 Å². The lowest BCUT2D eigenvalue weighted by Gasteiger charge is -2.34. The minimum absolute atomic E-state index is 0.125. The first-order valence-corrected chi connectivity index (χ1v) is 9.13. The summed E-state index contributed by atoms with van der Waals surface area (Å²) in [6.07, 6.45) is 4.30. The van der Waals surface area contributed by atoms with Gasteiger partial charge in [-0.1, -0.05) is 13.8 Å². The van der Waals surface area contributed by atoms with E-state index in [0.29, 0.717) is 25.2 Å². The van der Waals surface area contributed by atoms with Gasteiger partial charge in [0.05, 0.1) is 11.9 Å². The molecule has 0 radical (unpaired) electrons. The second-order valence-electron chi connectivity index (χ2n) is 6.40. The molecule has 7 heteroatoms. The van der Waals surface area contributed by atoms with Gasteiger partial charge < -0.3 is 14.7 Å². The van der Waals surface area contributed by atoms with Crippen molar-refractivity contribution in [2.24, 2.45) is 0 Å². The summed E-state index contributed by atoms with van der Waals surface area (Å²) in [5.41, 5.74) is 1.11. The third-order valence-electron chi connectivity index (χ3n) is 4.55. The number of amides is 2. The van der Waals surface area contributed by atoms with Gasteiger partial charge in [-0.05, 0) is 19.9 Å². The van der Waals surface area contributed by atoms with Gasteiger partial charge in [-0.15, -0.1) is 0 Å². The van der Waals surface area contributed by atoms with E-state index in [0.717, 1.165) is 44.8 Å². The second-order valence-corrected chi connectivity index (χ2v) is 6.40. The Bertz CT molecular complexity index is 567. The molecular weight excluding hydrogens is 318 g/mol. The molecule has 2 rings (SSSR count). The molecule has 0 N–H and O–H groups in total. The number of aryl methyl sites for hydroxylation is 1. The maximum absolute atomic E-state index is 12.6. The Morgan fingerprint density at radius 2 is 1.80 bits per heavy atom. The van der Waals surface area contributed by atoms with Gasteiger partial charge in [-0.3, -0.25) is 14.6 Å². The van der Waals surface area contributed by atoms with Crippen LogP contribution in [0.2, 0.25) is 0 Å². The van der Waals surface area contributed by atoms with E-state index in [4.69, 9.17) is 0 Å². The summed E-state index contributed by atoms with van der Waals surface area (Å²) < 4.78 is 0. The van der Waals surface area contributed by atoms with Gasteiger partial charge in [0.2, 0.25) is 5.91 Å². The van der Waals surface area contributed by atoms with Crippen LogP contribution < -0.4 is 0 Å². The minimum atomic E-state index is -0.155. The molecule has 25 heavy (non-hydrogen) atoms. The fourth-order valence-electron chi connectivity index (χ4n) is 2.95. The predicted octanol–water partition coefficient (Wildman–Crippen LogP) is 1.19. The fourth-order valence-corrected chi connectivity index (χ4v) is 2.95. The van der Waals surface area contributed by atoms with Gasteiger partial charge in [-0.2, -0.15) is 0 Å². The van der Waals surface area contributed by atoms with Gasteiger partial charge in [0.25, 0.3) is 5.91 Å². The minimum Gasteiger partial charge on any atom is -0.340 e. The average Bonchev–Trinajstić information content (AvgIpc) is 2.65. The topological polar surface area (TPSA) is 69.6 Å². The molecule has 7 nitrogen and oxygen atoms in total. The molecule has 0 unspecified atom stereocenters. The van der Waals surface area contributed by atoms with Crippen LogP contribution in [-0.4, -0.2) is 82.3 Å². The Morgan fingerprint density at radius 3 is 2.36 bits per heavy atom. The van der Waals surface area contributed by atoms with E-state index >= 15 is 0 Å². The number of rotatable bonds is 7. The quantitative estimate of drug-likeness (QED) is 0.741. The van der Waals surface area contributed by atoms with Gasteiger partial charge in [0.1, 0.15) is 5.69 Å². The lowest BCUT2D eigenvalue weighted by atomic mass is 10.2. The number of nitrogens with zero attached hydrogens (tertiary/aromatic N) is 5. The normalized spacial score (nSPS) is 15.2. The lowest BCUT2D eigenvalue weighted by molar-refractivity contribution is -0.133. The van der Waals surface area contributed by atoms with Crippen LogP contribution in [0.1, 0.15) is 42.9 Å². The molecule has 2 amide bonds. The summed E-state index contributed by atoms with van der Waals surface area (Å²) in [5.74, 6) is -0.0300. The summed E-state index contributed by atoms with van der Waals surface area (Å²) in [5, 5.41) is 0. The summed E-state index contributed by atoms with van der Waals surface area (Å²) in [6.45, 7) is 11.5. The zero-order valence-corrected chi connectivity index (χ0v) is 15.6. The van der Waals surface area contributed by atoms with E-state index in [-0.39, 0.29) is 11.8 Å². The smallest absolute Gasteiger partial charge is 0.274 e. The van der Waals surface area contributed by atoms with Crippen LogP contribution >= 0.6 is 0 Å². The molecule has 0 bridgehead atoms. The van der Waals surface area contributed by atoms with Crippen molar-refractivity contribution in [1.29, 1.82) is 0 Å². The van der Waals surface area contributed by atoms with E-state index in [1.165, 1.54) is 6.20 Å². The van der Waals surface area contributed by atoms with Crippen molar-refractivity contribution in [3.8, 4) is 0 Å². The highest BCUT2D eigenvalue weighted by atomic mass is 16.2. The first-order valence-electron chi connectivity index (χ1n) is 9.13. The van der Waals surface area contributed by atoms with Crippen molar-refractivity contribution in [3.05, 3.63) is 23.8 Å². The number of aromatic nitrogens is 2. The summed E-state index contributed by atoms with van der Waals surface area (Å²) in [6, 6.07) is 0. The number of carbonyl (C=O) groups is 2. The molecule has 1 saturated heterocycles. The number of likely N-dealkylation sites (N-methyl/N-ethyl adjacent to an activating group) is 1. The molecule has 1 fully saturated rings. The van der Waals surface area contributed by atoms with Crippen LogP contribution in [0.25, 0.3) is 0 Å². The maximum Gasteiger partial charge on any atom is 0.274 e. The van der Waals surface area contributed by atoms with Crippen LogP contribution in [0.5, 0.6) is 0 Å². The van der Waals surface area contributed by atoms with Crippen molar-refractivity contribution >= 4 is 11.8 Å². The standard InChI is InChI=1S/C18H29N5O2/c1-4-7-23(18(25)16-14-19-15(3)13-20-16)8-6-17(24)22-11-9-21(5-2)10-12-22/h13-14H,4-12H2,1-3H3. The average molecular weight is 347 g/mol. The van der Waals surface area contributed by atoms with Crippen LogP contribution in [0.3, 0.4) is 0 Å². The highest BCUT2D eigenvalue weighted by molar-refractivity contribution is 5.92. The molecule has 138 valence electrons. The Balaban J connectivity index is 1.89. The second kappa shape index (κ2) is 9.46. The van der Waals surface area contributed by atoms with Crippen molar-refractivity contribution in [1.82, 2.24) is 24.7 Å². The molecule has 0 spiro atoms. The molecule has 1 aliphatic heterocycles. The molecule has 2 heterocycles. The van der Waals surface area contributed by atoms with Gasteiger partial charge in [0.15, 0.2) is 0 Å². The molecule has 1 aromatic heterocycles. The zero-order valence-electron chi connectivity index (χ0n) is 15.6. The van der Waals surface area contributed by atoms with Crippen LogP contribution in [0.15, 0.2) is 12.4 Å². The number of hydrogen-bond acceptors (Lipinski definition) is 5. The van der Waals surface area contributed by atoms with E-state index in [1.807, 2.05) is 18.7 Å². The van der Waals surface area contributed by atoms with Crippen molar-refractivity contribution in [3.63, 3.8) is 0 Å². The number of carbonyl (C=O) groups excluding carboxylic acids is 2. The van der Waals surface area contributed by atoms with Gasteiger partial charge in [0, 0.05) is 51.9 Å².